The van der Waals surface area contributed by atoms with Crippen LogP contribution in [0.5, 0.6) is 0 Å². The Labute approximate surface area is 115 Å². The van der Waals surface area contributed by atoms with Gasteiger partial charge in [-0.05, 0) is 38.5 Å². The fourth-order valence-corrected chi connectivity index (χ4v) is 2.82. The van der Waals surface area contributed by atoms with E-state index >= 15 is 0 Å². The van der Waals surface area contributed by atoms with Crippen molar-refractivity contribution in [2.75, 3.05) is 26.0 Å². The number of hydrogen-bond acceptors (Lipinski definition) is 5. The molecule has 2 N–H and O–H groups in total. The molecule has 0 aliphatic heterocycles. The molecule has 18 heavy (non-hydrogen) atoms. The highest BCUT2D eigenvalue weighted by molar-refractivity contribution is 7.99. The van der Waals surface area contributed by atoms with Crippen LogP contribution >= 0.6 is 11.8 Å². The van der Waals surface area contributed by atoms with Crippen molar-refractivity contribution in [3.63, 3.8) is 0 Å². The van der Waals surface area contributed by atoms with Gasteiger partial charge >= 0.3 is 5.97 Å². The molecule has 0 spiro atoms. The molecule has 0 radical (unpaired) electrons. The molecular weight excluding hydrogens is 250 g/mol. The number of hydrogen-bond donors (Lipinski definition) is 2. The van der Waals surface area contributed by atoms with Gasteiger partial charge in [0.05, 0.1) is 7.11 Å². The highest BCUT2D eigenvalue weighted by Crippen LogP contribution is 2.20. The molecule has 0 amide bonds. The molecule has 0 aromatic rings. The van der Waals surface area contributed by atoms with Gasteiger partial charge in [0.25, 0.3) is 0 Å². The molecule has 0 aliphatic rings. The van der Waals surface area contributed by atoms with E-state index in [0.29, 0.717) is 5.25 Å². The largest absolute Gasteiger partial charge is 0.468 e. The second-order valence-electron chi connectivity index (χ2n) is 4.69. The van der Waals surface area contributed by atoms with Gasteiger partial charge in [-0.3, -0.25) is 4.79 Å². The van der Waals surface area contributed by atoms with Crippen LogP contribution in [0.1, 0.15) is 40.0 Å². The second-order valence-corrected chi connectivity index (χ2v) is 6.24. The molecule has 0 aliphatic carbocycles. The van der Waals surface area contributed by atoms with Crippen molar-refractivity contribution in [1.29, 1.82) is 0 Å². The standard InChI is InChI=1S/C13H27NO3S/c1-5-8-14-13(3,12(16)17-4)7-10-18-11(2)6-9-15/h11,14-15H,5-10H2,1-4H3. The Hall–Kier alpha value is -0.260. The van der Waals surface area contributed by atoms with E-state index in [1.807, 2.05) is 6.92 Å². The lowest BCUT2D eigenvalue weighted by Crippen LogP contribution is -2.51. The average molecular weight is 277 g/mol. The van der Waals surface area contributed by atoms with Crippen molar-refractivity contribution < 1.29 is 14.6 Å². The summed E-state index contributed by atoms with van der Waals surface area (Å²) in [6.07, 6.45) is 2.52. The van der Waals surface area contributed by atoms with Crippen molar-refractivity contribution in [3.8, 4) is 0 Å². The highest BCUT2D eigenvalue weighted by atomic mass is 32.2. The number of aliphatic hydroxyl groups excluding tert-OH is 1. The lowest BCUT2D eigenvalue weighted by Gasteiger charge is -2.28. The summed E-state index contributed by atoms with van der Waals surface area (Å²) in [5.41, 5.74) is -0.601. The lowest BCUT2D eigenvalue weighted by molar-refractivity contribution is -0.148. The molecule has 0 aromatic heterocycles. The van der Waals surface area contributed by atoms with Gasteiger partial charge in [0.15, 0.2) is 0 Å². The Bertz CT molecular complexity index is 238. The molecule has 4 nitrogen and oxygen atoms in total. The molecule has 5 heteroatoms. The molecule has 0 fully saturated rings. The van der Waals surface area contributed by atoms with E-state index in [0.717, 1.165) is 31.6 Å². The number of ether oxygens (including phenoxy) is 1. The third kappa shape index (κ3) is 6.61. The normalized spacial score (nSPS) is 16.1. The summed E-state index contributed by atoms with van der Waals surface area (Å²) in [6.45, 7) is 7.09. The quantitative estimate of drug-likeness (QED) is 0.596. The SMILES string of the molecule is CCCNC(C)(CCSC(C)CCO)C(=O)OC. The van der Waals surface area contributed by atoms with Gasteiger partial charge in [-0.1, -0.05) is 13.8 Å². The van der Waals surface area contributed by atoms with Gasteiger partial charge in [-0.25, -0.2) is 0 Å². The van der Waals surface area contributed by atoms with Crippen LogP contribution in [0.2, 0.25) is 0 Å². The van der Waals surface area contributed by atoms with E-state index in [-0.39, 0.29) is 12.6 Å². The summed E-state index contributed by atoms with van der Waals surface area (Å²) < 4.78 is 4.87. The van der Waals surface area contributed by atoms with Crippen LogP contribution in [0, 0.1) is 0 Å². The summed E-state index contributed by atoms with van der Waals surface area (Å²) >= 11 is 1.78. The predicted molar refractivity (Wildman–Crippen MR) is 77.0 cm³/mol. The Balaban J connectivity index is 4.20. The third-order valence-electron chi connectivity index (χ3n) is 2.94. The fraction of sp³-hybridized carbons (Fsp3) is 0.923. The topological polar surface area (TPSA) is 58.6 Å². The van der Waals surface area contributed by atoms with E-state index in [1.54, 1.807) is 11.8 Å². The zero-order valence-corrected chi connectivity index (χ0v) is 12.8. The number of esters is 1. The first-order chi connectivity index (χ1) is 8.50. The first-order valence-electron chi connectivity index (χ1n) is 6.56. The summed E-state index contributed by atoms with van der Waals surface area (Å²) in [4.78, 5) is 11.8. The zero-order chi connectivity index (χ0) is 14.0. The molecule has 0 rings (SSSR count). The van der Waals surface area contributed by atoms with E-state index < -0.39 is 5.54 Å². The van der Waals surface area contributed by atoms with Gasteiger partial charge in [0.1, 0.15) is 5.54 Å². The number of thioether (sulfide) groups is 1. The Morgan fingerprint density at radius 2 is 2.22 bits per heavy atom. The fourth-order valence-electron chi connectivity index (χ4n) is 1.62. The van der Waals surface area contributed by atoms with Crippen LogP contribution in [0.25, 0.3) is 0 Å². The third-order valence-corrected chi connectivity index (χ3v) is 4.19. The highest BCUT2D eigenvalue weighted by Gasteiger charge is 2.33. The summed E-state index contributed by atoms with van der Waals surface area (Å²) in [5.74, 6) is 0.676. The molecule has 0 saturated carbocycles. The maximum atomic E-state index is 11.8. The molecule has 0 heterocycles. The number of nitrogens with one attached hydrogen (secondary N) is 1. The summed E-state index contributed by atoms with van der Waals surface area (Å²) in [7, 11) is 1.43. The van der Waals surface area contributed by atoms with E-state index in [2.05, 4.69) is 19.2 Å². The number of aliphatic hydroxyl groups is 1. The first-order valence-corrected chi connectivity index (χ1v) is 7.61. The smallest absolute Gasteiger partial charge is 0.325 e. The molecule has 0 bridgehead atoms. The number of carbonyl (C=O) groups excluding carboxylic acids is 1. The van der Waals surface area contributed by atoms with Crippen LogP contribution < -0.4 is 5.32 Å². The van der Waals surface area contributed by atoms with Gasteiger partial charge < -0.3 is 15.2 Å². The van der Waals surface area contributed by atoms with Crippen molar-refractivity contribution >= 4 is 17.7 Å². The number of carbonyl (C=O) groups is 1. The lowest BCUT2D eigenvalue weighted by atomic mass is 9.99. The summed E-state index contributed by atoms with van der Waals surface area (Å²) in [6, 6.07) is 0. The Morgan fingerprint density at radius 3 is 2.72 bits per heavy atom. The second kappa shape index (κ2) is 9.64. The minimum Gasteiger partial charge on any atom is -0.468 e. The van der Waals surface area contributed by atoms with Crippen molar-refractivity contribution in [1.82, 2.24) is 5.32 Å². The van der Waals surface area contributed by atoms with Crippen LogP contribution in [0.3, 0.4) is 0 Å². The number of methoxy groups -OCH3 is 1. The number of rotatable bonds is 10. The van der Waals surface area contributed by atoms with Gasteiger partial charge in [0, 0.05) is 11.9 Å². The van der Waals surface area contributed by atoms with Crippen LogP contribution in [-0.4, -0.2) is 47.9 Å². The molecule has 2 atom stereocenters. The maximum Gasteiger partial charge on any atom is 0.325 e. The van der Waals surface area contributed by atoms with Crippen molar-refractivity contribution in [2.45, 2.75) is 50.8 Å². The minimum atomic E-state index is -0.601. The first kappa shape index (κ1) is 17.7. The molecule has 108 valence electrons. The van der Waals surface area contributed by atoms with Crippen LogP contribution in [0.4, 0.5) is 0 Å². The summed E-state index contributed by atoms with van der Waals surface area (Å²) in [5, 5.41) is 12.5. The van der Waals surface area contributed by atoms with Gasteiger partial charge in [0.2, 0.25) is 0 Å². The van der Waals surface area contributed by atoms with Gasteiger partial charge in [-0.15, -0.1) is 0 Å². The molecule has 0 aromatic carbocycles. The molecule has 2 unspecified atom stereocenters. The van der Waals surface area contributed by atoms with Crippen molar-refractivity contribution in [3.05, 3.63) is 0 Å². The zero-order valence-electron chi connectivity index (χ0n) is 12.0. The average Bonchev–Trinajstić information content (AvgIpc) is 2.35. The molecular formula is C13H27NO3S. The maximum absolute atomic E-state index is 11.8. The van der Waals surface area contributed by atoms with E-state index in [9.17, 15) is 4.79 Å². The predicted octanol–water partition coefficient (Wildman–Crippen LogP) is 1.81. The van der Waals surface area contributed by atoms with Crippen molar-refractivity contribution in [2.24, 2.45) is 0 Å². The minimum absolute atomic E-state index is 0.202. The van der Waals surface area contributed by atoms with E-state index in [4.69, 9.17) is 9.84 Å². The Morgan fingerprint density at radius 1 is 1.56 bits per heavy atom. The van der Waals surface area contributed by atoms with E-state index in [1.165, 1.54) is 7.11 Å². The van der Waals surface area contributed by atoms with Gasteiger partial charge in [-0.2, -0.15) is 11.8 Å². The molecule has 0 saturated heterocycles. The van der Waals surface area contributed by atoms with Crippen LogP contribution in [-0.2, 0) is 9.53 Å². The Kier molecular flexibility index (Phi) is 9.50. The monoisotopic (exact) mass is 277 g/mol. The van der Waals surface area contributed by atoms with Crippen LogP contribution in [0.15, 0.2) is 0 Å².